The summed E-state index contributed by atoms with van der Waals surface area (Å²) < 4.78 is 0.935. The summed E-state index contributed by atoms with van der Waals surface area (Å²) in [6, 6.07) is 0. The number of aromatic nitrogens is 2. The minimum Gasteiger partial charge on any atom is -0.375 e. The monoisotopic (exact) mass is 268 g/mol. The molecule has 0 saturated carbocycles. The molecule has 0 radical (unpaired) electrons. The number of anilines is 2. The molecule has 0 bridgehead atoms. The van der Waals surface area contributed by atoms with Gasteiger partial charge in [0.25, 0.3) is 0 Å². The van der Waals surface area contributed by atoms with Crippen LogP contribution < -0.4 is 9.67 Å². The summed E-state index contributed by atoms with van der Waals surface area (Å²) in [7, 11) is 0. The molecule has 2 N–H and O–H groups in total. The van der Waals surface area contributed by atoms with Gasteiger partial charge in [-0.1, -0.05) is 0 Å². The first-order valence-corrected chi connectivity index (χ1v) is 5.80. The molecule has 14 heavy (non-hydrogen) atoms. The Bertz CT molecular complexity index is 335. The van der Waals surface area contributed by atoms with Crippen molar-refractivity contribution in [2.75, 3.05) is 9.67 Å². The molecule has 0 aromatic carbocycles. The lowest BCUT2D eigenvalue weighted by Gasteiger charge is -1.95. The second kappa shape index (κ2) is 6.02. The second-order valence-corrected chi connectivity index (χ2v) is 4.57. The highest BCUT2D eigenvalue weighted by Gasteiger charge is 1.98. The number of hydrogen-bond donors (Lipinski definition) is 1. The quantitative estimate of drug-likeness (QED) is 0.808. The molecule has 4 nitrogen and oxygen atoms in total. The van der Waals surface area contributed by atoms with Crippen LogP contribution in [0, 0.1) is 0 Å². The fourth-order valence-corrected chi connectivity index (χ4v) is 1.69. The van der Waals surface area contributed by atoms with Crippen LogP contribution in [0.2, 0.25) is 0 Å². The van der Waals surface area contributed by atoms with Crippen LogP contribution in [0.25, 0.3) is 0 Å². The number of halogens is 2. The molecule has 2 aromatic rings. The normalized spacial score (nSPS) is 9.00. The molecule has 0 amide bonds. The second-order valence-electron chi connectivity index (χ2n) is 1.92. The van der Waals surface area contributed by atoms with Crippen molar-refractivity contribution in [3.05, 3.63) is 23.2 Å². The number of nitrogens with zero attached hydrogens (tertiary/aromatic N) is 3. The molecule has 0 spiro atoms. The zero-order chi connectivity index (χ0) is 10.4. The lowest BCUT2D eigenvalue weighted by Crippen LogP contribution is -1.88. The maximum atomic E-state index is 5.29. The minimum atomic E-state index is 0.591. The van der Waals surface area contributed by atoms with Crippen molar-refractivity contribution in [1.29, 1.82) is 0 Å². The molecule has 0 aliphatic carbocycles. The van der Waals surface area contributed by atoms with E-state index in [1.165, 1.54) is 22.7 Å². The fourth-order valence-electron chi connectivity index (χ4n) is 0.534. The summed E-state index contributed by atoms with van der Waals surface area (Å²) in [6.45, 7) is 0. The molecule has 0 saturated heterocycles. The molecule has 0 atom stereocenters. The van der Waals surface area contributed by atoms with Crippen molar-refractivity contribution in [3.8, 4) is 0 Å². The standard InChI is InChI=1S/C3H2Cl2N2S.C3H4N2S/c4-7(5)3-6-1-2-8-3;4-3-5-1-2-6-3/h1-2H;1-2H,(H2,4,5). The highest BCUT2D eigenvalue weighted by Crippen LogP contribution is 2.20. The van der Waals surface area contributed by atoms with Gasteiger partial charge < -0.3 is 5.73 Å². The van der Waals surface area contributed by atoms with Gasteiger partial charge in [0.2, 0.25) is 5.13 Å². The lowest BCUT2D eigenvalue weighted by atomic mass is 11.0. The Hall–Kier alpha value is -0.560. The third kappa shape index (κ3) is 4.10. The summed E-state index contributed by atoms with van der Waals surface area (Å²) >= 11 is 13.4. The topological polar surface area (TPSA) is 55.0 Å². The Balaban J connectivity index is 0.000000146. The molecule has 0 aliphatic heterocycles. The van der Waals surface area contributed by atoms with Gasteiger partial charge in [-0.15, -0.1) is 22.7 Å². The van der Waals surface area contributed by atoms with Crippen LogP contribution in [0.3, 0.4) is 0 Å². The predicted octanol–water partition coefficient (Wildman–Crippen LogP) is 2.98. The summed E-state index contributed by atoms with van der Waals surface area (Å²) in [5, 5.41) is 4.87. The summed E-state index contributed by atoms with van der Waals surface area (Å²) in [6.07, 6.45) is 3.32. The molecule has 0 unspecified atom stereocenters. The van der Waals surface area contributed by atoms with Gasteiger partial charge in [-0.3, -0.25) is 0 Å². The van der Waals surface area contributed by atoms with E-state index in [1.807, 2.05) is 5.38 Å². The number of thiazole rings is 2. The SMILES string of the molecule is ClN(Cl)c1nccs1.Nc1nccs1. The number of nitrogen functional groups attached to an aromatic ring is 1. The summed E-state index contributed by atoms with van der Waals surface area (Å²) in [5.41, 5.74) is 5.19. The molecule has 2 aromatic heterocycles. The zero-order valence-corrected chi connectivity index (χ0v) is 9.95. The van der Waals surface area contributed by atoms with E-state index >= 15 is 0 Å². The van der Waals surface area contributed by atoms with Crippen molar-refractivity contribution in [3.63, 3.8) is 0 Å². The van der Waals surface area contributed by atoms with E-state index in [1.54, 1.807) is 17.8 Å². The third-order valence-corrected chi connectivity index (χ3v) is 2.90. The van der Waals surface area contributed by atoms with Crippen LogP contribution in [-0.4, -0.2) is 9.97 Å². The number of rotatable bonds is 1. The van der Waals surface area contributed by atoms with Crippen LogP contribution in [0.5, 0.6) is 0 Å². The number of nitrogens with two attached hydrogens (primary N) is 1. The Morgan fingerprint density at radius 1 is 1.14 bits per heavy atom. The van der Waals surface area contributed by atoms with Gasteiger partial charge in [-0.25, -0.2) is 9.97 Å². The van der Waals surface area contributed by atoms with Crippen molar-refractivity contribution in [2.24, 2.45) is 0 Å². The molecule has 76 valence electrons. The first-order chi connectivity index (χ1) is 6.70. The van der Waals surface area contributed by atoms with Gasteiger partial charge in [0.1, 0.15) is 0 Å². The van der Waals surface area contributed by atoms with E-state index in [9.17, 15) is 0 Å². The Labute approximate surface area is 99.1 Å². The maximum absolute atomic E-state index is 5.29. The molecule has 0 aliphatic rings. The average Bonchev–Trinajstić information content (AvgIpc) is 2.75. The van der Waals surface area contributed by atoms with E-state index in [0.29, 0.717) is 10.3 Å². The lowest BCUT2D eigenvalue weighted by molar-refractivity contribution is 1.38. The largest absolute Gasteiger partial charge is 0.375 e. The van der Waals surface area contributed by atoms with E-state index in [0.717, 1.165) is 3.94 Å². The van der Waals surface area contributed by atoms with Gasteiger partial charge in [0.05, 0.1) is 0 Å². The summed E-state index contributed by atoms with van der Waals surface area (Å²) in [4.78, 5) is 7.51. The fraction of sp³-hybridized carbons (Fsp3) is 0. The molecular weight excluding hydrogens is 263 g/mol. The van der Waals surface area contributed by atoms with Crippen molar-refractivity contribution in [2.45, 2.75) is 0 Å². The molecular formula is C6H6Cl2N4S2. The van der Waals surface area contributed by atoms with Gasteiger partial charge in [0, 0.05) is 46.7 Å². The van der Waals surface area contributed by atoms with Crippen molar-refractivity contribution < 1.29 is 0 Å². The smallest absolute Gasteiger partial charge is 0.215 e. The molecule has 8 heteroatoms. The van der Waals surface area contributed by atoms with E-state index < -0.39 is 0 Å². The van der Waals surface area contributed by atoms with E-state index in [-0.39, 0.29) is 0 Å². The van der Waals surface area contributed by atoms with Crippen LogP contribution in [-0.2, 0) is 0 Å². The Kier molecular flexibility index (Phi) is 4.95. The van der Waals surface area contributed by atoms with Gasteiger partial charge >= 0.3 is 0 Å². The minimum absolute atomic E-state index is 0.591. The first kappa shape index (κ1) is 11.5. The summed E-state index contributed by atoms with van der Waals surface area (Å²) in [5.74, 6) is 0. The van der Waals surface area contributed by atoms with Gasteiger partial charge in [-0.05, 0) is 0 Å². The third-order valence-electron chi connectivity index (χ3n) is 1.02. The number of hydrogen-bond acceptors (Lipinski definition) is 6. The van der Waals surface area contributed by atoms with Crippen LogP contribution >= 0.6 is 46.2 Å². The van der Waals surface area contributed by atoms with E-state index in [2.05, 4.69) is 9.97 Å². The highest BCUT2D eigenvalue weighted by molar-refractivity contribution is 7.14. The Morgan fingerprint density at radius 2 is 1.79 bits per heavy atom. The average molecular weight is 269 g/mol. The molecule has 2 rings (SSSR count). The molecule has 2 heterocycles. The van der Waals surface area contributed by atoms with E-state index in [4.69, 9.17) is 29.3 Å². The van der Waals surface area contributed by atoms with Crippen LogP contribution in [0.15, 0.2) is 23.2 Å². The zero-order valence-electron chi connectivity index (χ0n) is 6.80. The predicted molar refractivity (Wildman–Crippen MR) is 62.8 cm³/mol. The first-order valence-electron chi connectivity index (χ1n) is 3.36. The van der Waals surface area contributed by atoms with Crippen molar-refractivity contribution in [1.82, 2.24) is 9.97 Å². The maximum Gasteiger partial charge on any atom is 0.215 e. The Morgan fingerprint density at radius 3 is 2.00 bits per heavy atom. The van der Waals surface area contributed by atoms with Crippen molar-refractivity contribution >= 4 is 56.5 Å². The molecule has 0 fully saturated rings. The van der Waals surface area contributed by atoms with Gasteiger partial charge in [-0.2, -0.15) is 3.94 Å². The van der Waals surface area contributed by atoms with Gasteiger partial charge in [0.15, 0.2) is 5.13 Å². The van der Waals surface area contributed by atoms with Crippen LogP contribution in [0.4, 0.5) is 10.3 Å². The highest BCUT2D eigenvalue weighted by atomic mass is 35.5. The van der Waals surface area contributed by atoms with Crippen LogP contribution in [0.1, 0.15) is 0 Å².